The van der Waals surface area contributed by atoms with Crippen molar-refractivity contribution >= 4 is 43.4 Å². The van der Waals surface area contributed by atoms with Gasteiger partial charge in [-0.15, -0.1) is 0 Å². The summed E-state index contributed by atoms with van der Waals surface area (Å²) in [6.45, 7) is -0.0308. The fraction of sp³-hybridized carbons (Fsp3) is 0.0714. The lowest BCUT2D eigenvalue weighted by Crippen LogP contribution is -2.16. The molecule has 0 saturated heterocycles. The van der Waals surface area contributed by atoms with Gasteiger partial charge in [0, 0.05) is 10.5 Å². The van der Waals surface area contributed by atoms with Crippen LogP contribution in [0.1, 0.15) is 5.56 Å². The Labute approximate surface area is 151 Å². The number of hydrogen-bond acceptors (Lipinski definition) is 6. The smallest absolute Gasteiger partial charge is 0.412 e. The molecule has 0 aliphatic heterocycles. The van der Waals surface area contributed by atoms with Crippen molar-refractivity contribution in [1.82, 2.24) is 0 Å². The topological polar surface area (TPSA) is 142 Å². The van der Waals surface area contributed by atoms with Crippen LogP contribution in [-0.4, -0.2) is 19.4 Å². The number of amides is 1. The second-order valence-electron chi connectivity index (χ2n) is 4.79. The number of hydrogen-bond donors (Lipinski definition) is 2. The quantitative estimate of drug-likeness (QED) is 0.552. The van der Waals surface area contributed by atoms with Crippen LogP contribution < -0.4 is 10.5 Å². The first kappa shape index (κ1) is 18.8. The van der Waals surface area contributed by atoms with E-state index in [0.717, 1.165) is 17.7 Å². The number of sulfonamides is 1. The third kappa shape index (κ3) is 4.98. The summed E-state index contributed by atoms with van der Waals surface area (Å²) in [4.78, 5) is 21.7. The van der Waals surface area contributed by atoms with E-state index in [1.165, 1.54) is 0 Å². The Morgan fingerprint density at radius 1 is 1.28 bits per heavy atom. The number of nitro benzene ring substituents is 1. The molecule has 0 unspecified atom stereocenters. The summed E-state index contributed by atoms with van der Waals surface area (Å²) < 4.78 is 27.8. The lowest BCUT2D eigenvalue weighted by Gasteiger charge is -2.10. The number of ether oxygens (including phenoxy) is 1. The van der Waals surface area contributed by atoms with E-state index in [4.69, 9.17) is 9.88 Å². The molecule has 0 aliphatic carbocycles. The van der Waals surface area contributed by atoms with Crippen molar-refractivity contribution in [2.45, 2.75) is 11.5 Å². The third-order valence-electron chi connectivity index (χ3n) is 3.00. The van der Waals surface area contributed by atoms with Crippen LogP contribution in [0.15, 0.2) is 51.8 Å². The Morgan fingerprint density at radius 3 is 2.48 bits per heavy atom. The predicted molar refractivity (Wildman–Crippen MR) is 92.4 cm³/mol. The molecule has 2 aromatic rings. The molecule has 2 aromatic carbocycles. The van der Waals surface area contributed by atoms with Crippen molar-refractivity contribution in [2.75, 3.05) is 5.32 Å². The first-order chi connectivity index (χ1) is 11.7. The number of anilines is 1. The Hall–Kier alpha value is -2.50. The third-order valence-corrected chi connectivity index (χ3v) is 4.87. The first-order valence-corrected chi connectivity index (χ1v) is 9.01. The molecule has 11 heteroatoms. The number of halogens is 1. The van der Waals surface area contributed by atoms with Gasteiger partial charge in [-0.3, -0.25) is 15.4 Å². The maximum absolute atomic E-state index is 11.8. The fourth-order valence-corrected chi connectivity index (χ4v) is 3.51. The van der Waals surface area contributed by atoms with Crippen LogP contribution in [0, 0.1) is 10.1 Å². The van der Waals surface area contributed by atoms with E-state index in [1.54, 1.807) is 30.3 Å². The highest BCUT2D eigenvalue weighted by Crippen LogP contribution is 2.33. The van der Waals surface area contributed by atoms with Crippen LogP contribution in [0.4, 0.5) is 16.2 Å². The number of primary sulfonamides is 1. The minimum Gasteiger partial charge on any atom is -0.444 e. The second-order valence-corrected chi connectivity index (χ2v) is 7.17. The highest BCUT2D eigenvalue weighted by Gasteiger charge is 2.24. The first-order valence-electron chi connectivity index (χ1n) is 6.67. The molecule has 0 spiro atoms. The van der Waals surface area contributed by atoms with Gasteiger partial charge in [-0.25, -0.2) is 18.4 Å². The van der Waals surface area contributed by atoms with Crippen LogP contribution >= 0.6 is 15.9 Å². The van der Waals surface area contributed by atoms with E-state index in [9.17, 15) is 23.3 Å². The average molecular weight is 430 g/mol. The molecule has 25 heavy (non-hydrogen) atoms. The summed E-state index contributed by atoms with van der Waals surface area (Å²) in [7, 11) is -4.18. The summed E-state index contributed by atoms with van der Waals surface area (Å²) in [5.41, 5.74) is -0.135. The van der Waals surface area contributed by atoms with Crippen LogP contribution in [0.5, 0.6) is 0 Å². The Balaban J connectivity index is 2.22. The van der Waals surface area contributed by atoms with Gasteiger partial charge in [0.15, 0.2) is 0 Å². The number of carbonyl (C=O) groups is 1. The molecule has 0 aliphatic rings. The predicted octanol–water partition coefficient (Wildman–Crippen LogP) is 2.75. The highest BCUT2D eigenvalue weighted by atomic mass is 79.9. The van der Waals surface area contributed by atoms with E-state index in [2.05, 4.69) is 21.2 Å². The van der Waals surface area contributed by atoms with Gasteiger partial charge < -0.3 is 4.74 Å². The molecule has 3 N–H and O–H groups in total. The number of nitrogens with zero attached hydrogens (tertiary/aromatic N) is 1. The van der Waals surface area contributed by atoms with E-state index < -0.39 is 31.6 Å². The van der Waals surface area contributed by atoms with E-state index in [-0.39, 0.29) is 16.8 Å². The maximum Gasteiger partial charge on any atom is 0.412 e. The number of rotatable bonds is 5. The molecule has 2 rings (SSSR count). The van der Waals surface area contributed by atoms with Crippen LogP contribution in [-0.2, 0) is 21.4 Å². The Kier molecular flexibility index (Phi) is 5.72. The molecule has 1 amide bonds. The Bertz CT molecular complexity index is 918. The molecule has 0 bridgehead atoms. The molecule has 0 radical (unpaired) electrons. The number of nitro groups is 1. The average Bonchev–Trinajstić information content (AvgIpc) is 2.52. The molecule has 0 fully saturated rings. The molecular weight excluding hydrogens is 418 g/mol. The molecule has 132 valence electrons. The minimum atomic E-state index is -4.18. The summed E-state index contributed by atoms with van der Waals surface area (Å²) >= 11 is 2.96. The van der Waals surface area contributed by atoms with Gasteiger partial charge in [0.05, 0.1) is 4.92 Å². The van der Waals surface area contributed by atoms with Crippen molar-refractivity contribution in [1.29, 1.82) is 0 Å². The molecule has 9 nitrogen and oxygen atoms in total. The highest BCUT2D eigenvalue weighted by molar-refractivity contribution is 9.10. The Morgan fingerprint density at radius 2 is 1.92 bits per heavy atom. The monoisotopic (exact) mass is 429 g/mol. The van der Waals surface area contributed by atoms with Gasteiger partial charge in [0.2, 0.25) is 10.0 Å². The van der Waals surface area contributed by atoms with Gasteiger partial charge in [0.25, 0.3) is 5.69 Å². The number of nitrogens with two attached hydrogens (primary N) is 1. The van der Waals surface area contributed by atoms with Gasteiger partial charge in [-0.2, -0.15) is 0 Å². The summed E-state index contributed by atoms with van der Waals surface area (Å²) in [6.07, 6.45) is -0.929. The van der Waals surface area contributed by atoms with Crippen LogP contribution in [0.3, 0.4) is 0 Å². The van der Waals surface area contributed by atoms with Gasteiger partial charge in [-0.1, -0.05) is 30.3 Å². The van der Waals surface area contributed by atoms with Gasteiger partial charge in [-0.05, 0) is 27.6 Å². The van der Waals surface area contributed by atoms with Crippen molar-refractivity contribution < 1.29 is 22.9 Å². The van der Waals surface area contributed by atoms with Crippen molar-refractivity contribution in [3.8, 4) is 0 Å². The van der Waals surface area contributed by atoms with E-state index in [1.807, 2.05) is 0 Å². The van der Waals surface area contributed by atoms with Crippen molar-refractivity contribution in [3.05, 3.63) is 62.6 Å². The lowest BCUT2D eigenvalue weighted by molar-refractivity contribution is -0.384. The molecule has 0 atom stereocenters. The van der Waals surface area contributed by atoms with Crippen LogP contribution in [0.25, 0.3) is 0 Å². The summed E-state index contributed by atoms with van der Waals surface area (Å²) in [5.74, 6) is 0. The summed E-state index contributed by atoms with van der Waals surface area (Å²) in [5, 5.41) is 18.3. The van der Waals surface area contributed by atoms with E-state index >= 15 is 0 Å². The zero-order valence-electron chi connectivity index (χ0n) is 12.5. The number of nitrogens with one attached hydrogen (secondary N) is 1. The van der Waals surface area contributed by atoms with E-state index in [0.29, 0.717) is 0 Å². The minimum absolute atomic E-state index is 0.0287. The fourth-order valence-electron chi connectivity index (χ4n) is 1.88. The second kappa shape index (κ2) is 7.59. The molecule has 0 aromatic heterocycles. The van der Waals surface area contributed by atoms with Crippen molar-refractivity contribution in [3.63, 3.8) is 0 Å². The van der Waals surface area contributed by atoms with Gasteiger partial charge in [0.1, 0.15) is 17.2 Å². The van der Waals surface area contributed by atoms with Crippen LogP contribution in [0.2, 0.25) is 0 Å². The molecule has 0 heterocycles. The summed E-state index contributed by atoms with van der Waals surface area (Å²) in [6, 6.07) is 10.7. The SMILES string of the molecule is NS(=O)(=O)c1cc([N+](=O)[O-])c(NC(=O)OCc2ccccc2)cc1Br. The zero-order chi connectivity index (χ0) is 18.6. The molecule has 0 saturated carbocycles. The maximum atomic E-state index is 11.8. The van der Waals surface area contributed by atoms with Crippen molar-refractivity contribution in [2.24, 2.45) is 5.14 Å². The number of carbonyl (C=O) groups excluding carboxylic acids is 1. The number of benzene rings is 2. The largest absolute Gasteiger partial charge is 0.444 e. The molecular formula is C14H12BrN3O6S. The normalized spacial score (nSPS) is 11.0. The standard InChI is InChI=1S/C14H12BrN3O6S/c15-10-6-11(12(18(20)21)7-13(10)25(16,22)23)17-14(19)24-8-9-4-2-1-3-5-9/h1-7H,8H2,(H,17,19)(H2,16,22,23). The lowest BCUT2D eigenvalue weighted by atomic mass is 10.2. The zero-order valence-corrected chi connectivity index (χ0v) is 14.9. The van der Waals surface area contributed by atoms with Gasteiger partial charge >= 0.3 is 6.09 Å².